The summed E-state index contributed by atoms with van der Waals surface area (Å²) in [5, 5.41) is 9.72. The first-order valence-corrected chi connectivity index (χ1v) is 7.01. The summed E-state index contributed by atoms with van der Waals surface area (Å²) >= 11 is 6.09. The van der Waals surface area contributed by atoms with Gasteiger partial charge in [-0.3, -0.25) is 4.79 Å². The Morgan fingerprint density at radius 1 is 1.20 bits per heavy atom. The highest BCUT2D eigenvalue weighted by Crippen LogP contribution is 2.15. The summed E-state index contributed by atoms with van der Waals surface area (Å²) in [4.78, 5) is 15.2. The van der Waals surface area contributed by atoms with Gasteiger partial charge in [0.25, 0.3) is 0 Å². The number of nitrogens with zero attached hydrogens (tertiary/aromatic N) is 1. The number of benzene rings is 1. The Morgan fingerprint density at radius 3 is 2.55 bits per heavy atom. The molecule has 5 nitrogen and oxygen atoms in total. The molecule has 1 aromatic rings. The van der Waals surface area contributed by atoms with Crippen molar-refractivity contribution in [1.29, 1.82) is 0 Å². The first-order valence-electron chi connectivity index (χ1n) is 6.63. The molecule has 1 amide bonds. The second-order valence-corrected chi connectivity index (χ2v) is 4.60. The minimum absolute atomic E-state index is 0.0372. The average Bonchev–Trinajstić information content (AvgIpc) is 2.42. The van der Waals surface area contributed by atoms with Crippen LogP contribution in [0.15, 0.2) is 29.3 Å². The molecule has 0 fully saturated rings. The highest BCUT2D eigenvalue weighted by molar-refractivity contribution is 6.31. The standard InChI is InChI=1S/C14H21ClN4O/c1-3-16-14(18-9-8-17-11(2)20)19-10-12-6-4-5-7-13(12)15/h4-7H,3,8-10H2,1-2H3,(H,17,20)(H2,16,18,19). The fraction of sp³-hybridized carbons (Fsp3) is 0.429. The Hall–Kier alpha value is -1.75. The van der Waals surface area contributed by atoms with Gasteiger partial charge in [-0.2, -0.15) is 0 Å². The molecule has 3 N–H and O–H groups in total. The van der Waals surface area contributed by atoms with E-state index in [9.17, 15) is 4.79 Å². The molecule has 1 rings (SSSR count). The molecule has 0 aliphatic rings. The zero-order valence-corrected chi connectivity index (χ0v) is 12.6. The molecule has 0 aliphatic carbocycles. The number of amides is 1. The number of halogens is 1. The van der Waals surface area contributed by atoms with Gasteiger partial charge < -0.3 is 16.0 Å². The van der Waals surface area contributed by atoms with Crippen molar-refractivity contribution in [3.05, 3.63) is 34.9 Å². The zero-order chi connectivity index (χ0) is 14.8. The van der Waals surface area contributed by atoms with Crippen LogP contribution in [-0.2, 0) is 11.3 Å². The average molecular weight is 297 g/mol. The molecule has 0 saturated carbocycles. The van der Waals surface area contributed by atoms with Crippen LogP contribution in [0.4, 0.5) is 0 Å². The van der Waals surface area contributed by atoms with Crippen molar-refractivity contribution in [2.45, 2.75) is 20.4 Å². The molecule has 1 aromatic carbocycles. The zero-order valence-electron chi connectivity index (χ0n) is 11.9. The minimum atomic E-state index is -0.0372. The summed E-state index contributed by atoms with van der Waals surface area (Å²) in [6.07, 6.45) is 0. The smallest absolute Gasteiger partial charge is 0.216 e. The van der Waals surface area contributed by atoms with Crippen LogP contribution >= 0.6 is 11.6 Å². The van der Waals surface area contributed by atoms with Crippen molar-refractivity contribution in [2.75, 3.05) is 19.6 Å². The van der Waals surface area contributed by atoms with Gasteiger partial charge >= 0.3 is 0 Å². The Labute approximate surface area is 124 Å². The van der Waals surface area contributed by atoms with Gasteiger partial charge in [-0.15, -0.1) is 0 Å². The Morgan fingerprint density at radius 2 is 1.90 bits per heavy atom. The van der Waals surface area contributed by atoms with Crippen LogP contribution in [0.1, 0.15) is 19.4 Å². The molecular weight excluding hydrogens is 276 g/mol. The van der Waals surface area contributed by atoms with E-state index >= 15 is 0 Å². The normalized spacial score (nSPS) is 11.1. The lowest BCUT2D eigenvalue weighted by atomic mass is 10.2. The number of guanidine groups is 1. The summed E-state index contributed by atoms with van der Waals surface area (Å²) in [6, 6.07) is 7.64. The van der Waals surface area contributed by atoms with Crippen LogP contribution in [0.25, 0.3) is 0 Å². The lowest BCUT2D eigenvalue weighted by molar-refractivity contribution is -0.118. The SMILES string of the molecule is CCNC(=NCc1ccccc1Cl)NCCNC(C)=O. The topological polar surface area (TPSA) is 65.5 Å². The van der Waals surface area contributed by atoms with E-state index in [4.69, 9.17) is 11.6 Å². The third kappa shape index (κ3) is 6.43. The molecule has 0 radical (unpaired) electrons. The van der Waals surface area contributed by atoms with Crippen LogP contribution in [0, 0.1) is 0 Å². The van der Waals surface area contributed by atoms with Gasteiger partial charge in [-0.1, -0.05) is 29.8 Å². The van der Waals surface area contributed by atoms with E-state index in [-0.39, 0.29) is 5.91 Å². The maximum Gasteiger partial charge on any atom is 0.216 e. The van der Waals surface area contributed by atoms with Gasteiger partial charge in [0.15, 0.2) is 5.96 Å². The minimum Gasteiger partial charge on any atom is -0.357 e. The van der Waals surface area contributed by atoms with E-state index in [1.807, 2.05) is 31.2 Å². The quantitative estimate of drug-likeness (QED) is 0.424. The predicted molar refractivity (Wildman–Crippen MR) is 83.0 cm³/mol. The largest absolute Gasteiger partial charge is 0.357 e. The lowest BCUT2D eigenvalue weighted by Crippen LogP contribution is -2.41. The number of hydrogen-bond donors (Lipinski definition) is 3. The van der Waals surface area contributed by atoms with Crippen molar-refractivity contribution in [2.24, 2.45) is 4.99 Å². The number of rotatable bonds is 6. The van der Waals surface area contributed by atoms with Crippen molar-refractivity contribution < 1.29 is 4.79 Å². The summed E-state index contributed by atoms with van der Waals surface area (Å²) < 4.78 is 0. The van der Waals surface area contributed by atoms with E-state index in [0.717, 1.165) is 12.1 Å². The molecule has 20 heavy (non-hydrogen) atoms. The number of aliphatic imine (C=N–C) groups is 1. The van der Waals surface area contributed by atoms with Crippen LogP contribution < -0.4 is 16.0 Å². The number of hydrogen-bond acceptors (Lipinski definition) is 2. The van der Waals surface area contributed by atoms with Gasteiger partial charge in [0.1, 0.15) is 0 Å². The highest BCUT2D eigenvalue weighted by Gasteiger charge is 2.00. The van der Waals surface area contributed by atoms with Gasteiger partial charge in [-0.05, 0) is 18.6 Å². The van der Waals surface area contributed by atoms with Crippen molar-refractivity contribution in [3.8, 4) is 0 Å². The molecule has 6 heteroatoms. The molecule has 0 spiro atoms. The van der Waals surface area contributed by atoms with Gasteiger partial charge in [0.2, 0.25) is 5.91 Å². The molecule has 0 aliphatic heterocycles. The molecular formula is C14H21ClN4O. The van der Waals surface area contributed by atoms with Crippen molar-refractivity contribution in [1.82, 2.24) is 16.0 Å². The molecule has 0 aromatic heterocycles. The molecule has 0 heterocycles. The van der Waals surface area contributed by atoms with Crippen LogP contribution in [0.3, 0.4) is 0 Å². The van der Waals surface area contributed by atoms with Gasteiger partial charge in [0.05, 0.1) is 6.54 Å². The first kappa shape index (κ1) is 16.3. The van der Waals surface area contributed by atoms with E-state index in [1.54, 1.807) is 0 Å². The Balaban J connectivity index is 2.50. The Bertz CT molecular complexity index is 462. The molecule has 0 atom stereocenters. The van der Waals surface area contributed by atoms with Crippen molar-refractivity contribution in [3.63, 3.8) is 0 Å². The van der Waals surface area contributed by atoms with Crippen molar-refractivity contribution >= 4 is 23.5 Å². The molecule has 110 valence electrons. The maximum absolute atomic E-state index is 10.8. The summed E-state index contributed by atoms with van der Waals surface area (Å²) in [5.74, 6) is 0.669. The van der Waals surface area contributed by atoms with Gasteiger partial charge in [0, 0.05) is 31.6 Å². The van der Waals surface area contributed by atoms with E-state index in [0.29, 0.717) is 30.6 Å². The fourth-order valence-electron chi connectivity index (χ4n) is 1.55. The monoisotopic (exact) mass is 296 g/mol. The lowest BCUT2D eigenvalue weighted by Gasteiger charge is -2.11. The summed E-state index contributed by atoms with van der Waals surface area (Å²) in [6.45, 7) is 5.96. The van der Waals surface area contributed by atoms with E-state index < -0.39 is 0 Å². The van der Waals surface area contributed by atoms with Crippen LogP contribution in [-0.4, -0.2) is 31.5 Å². The molecule has 0 bridgehead atoms. The number of carbonyl (C=O) groups excluding carboxylic acids is 1. The number of carbonyl (C=O) groups is 1. The predicted octanol–water partition coefficient (Wildman–Crippen LogP) is 1.53. The maximum atomic E-state index is 10.8. The summed E-state index contributed by atoms with van der Waals surface area (Å²) in [7, 11) is 0. The van der Waals surface area contributed by atoms with E-state index in [1.165, 1.54) is 6.92 Å². The first-order chi connectivity index (χ1) is 9.63. The summed E-state index contributed by atoms with van der Waals surface area (Å²) in [5.41, 5.74) is 0.980. The van der Waals surface area contributed by atoms with Gasteiger partial charge in [-0.25, -0.2) is 4.99 Å². The second kappa shape index (κ2) is 9.20. The fourth-order valence-corrected chi connectivity index (χ4v) is 1.75. The van der Waals surface area contributed by atoms with Crippen LogP contribution in [0.2, 0.25) is 5.02 Å². The third-order valence-electron chi connectivity index (χ3n) is 2.50. The highest BCUT2D eigenvalue weighted by atomic mass is 35.5. The molecule has 0 saturated heterocycles. The Kier molecular flexibility index (Phi) is 7.50. The number of nitrogens with one attached hydrogen (secondary N) is 3. The van der Waals surface area contributed by atoms with E-state index in [2.05, 4.69) is 20.9 Å². The second-order valence-electron chi connectivity index (χ2n) is 4.20. The third-order valence-corrected chi connectivity index (χ3v) is 2.87. The van der Waals surface area contributed by atoms with Crippen LogP contribution in [0.5, 0.6) is 0 Å². The molecule has 0 unspecified atom stereocenters.